The van der Waals surface area contributed by atoms with E-state index in [1.807, 2.05) is 32.0 Å². The maximum Gasteiger partial charge on any atom is 0.236 e. The summed E-state index contributed by atoms with van der Waals surface area (Å²) in [6, 6.07) is 10.2. The number of hydrogen-bond acceptors (Lipinski definition) is 6. The van der Waals surface area contributed by atoms with E-state index in [0.717, 1.165) is 28.0 Å². The van der Waals surface area contributed by atoms with Crippen LogP contribution in [0.1, 0.15) is 22.0 Å². The van der Waals surface area contributed by atoms with Gasteiger partial charge < -0.3 is 4.98 Å². The van der Waals surface area contributed by atoms with Crippen LogP contribution in [0.5, 0.6) is 0 Å². The van der Waals surface area contributed by atoms with E-state index in [-0.39, 0.29) is 11.7 Å². The molecule has 0 bridgehead atoms. The van der Waals surface area contributed by atoms with Gasteiger partial charge in [0.2, 0.25) is 11.0 Å². The summed E-state index contributed by atoms with van der Waals surface area (Å²) < 4.78 is 0. The second kappa shape index (κ2) is 7.59. The monoisotopic (exact) mass is 359 g/mol. The van der Waals surface area contributed by atoms with Gasteiger partial charge in [0.15, 0.2) is 5.16 Å². The fourth-order valence-electron chi connectivity index (χ4n) is 2.13. The Kier molecular flexibility index (Phi) is 5.27. The fraction of sp³-hybridized carbons (Fsp3) is 0.250. The van der Waals surface area contributed by atoms with Crippen LogP contribution >= 0.6 is 23.1 Å². The highest BCUT2D eigenvalue weighted by Gasteiger charge is 2.11. The number of benzene rings is 1. The van der Waals surface area contributed by atoms with E-state index in [1.54, 1.807) is 0 Å². The third kappa shape index (κ3) is 4.42. The maximum atomic E-state index is 11.9. The molecule has 0 aliphatic rings. The Balaban J connectivity index is 1.56. The number of aromatic amines is 1. The quantitative estimate of drug-likeness (QED) is 0.660. The first-order chi connectivity index (χ1) is 11.6. The van der Waals surface area contributed by atoms with E-state index in [9.17, 15) is 4.79 Å². The summed E-state index contributed by atoms with van der Waals surface area (Å²) >= 11 is 2.74. The van der Waals surface area contributed by atoms with Gasteiger partial charge in [-0.25, -0.2) is 4.98 Å². The summed E-state index contributed by atoms with van der Waals surface area (Å²) in [5, 5.41) is 12.6. The average Bonchev–Trinajstić information content (AvgIpc) is 3.12. The molecule has 0 spiro atoms. The highest BCUT2D eigenvalue weighted by atomic mass is 32.2. The number of H-pyrrole nitrogens is 1. The van der Waals surface area contributed by atoms with Gasteiger partial charge in [-0.15, -0.1) is 10.2 Å². The van der Waals surface area contributed by atoms with Gasteiger partial charge in [-0.05, 0) is 19.4 Å². The van der Waals surface area contributed by atoms with E-state index < -0.39 is 0 Å². The molecule has 1 amide bonds. The number of hydrogen-bond donors (Lipinski definition) is 2. The summed E-state index contributed by atoms with van der Waals surface area (Å²) in [6.07, 6.45) is 0.778. The molecule has 3 rings (SSSR count). The number of carbonyl (C=O) groups is 1. The van der Waals surface area contributed by atoms with Crippen LogP contribution < -0.4 is 5.32 Å². The zero-order chi connectivity index (χ0) is 16.9. The SMILES string of the molecule is Cc1nnc(NC(=O)CSc2nc(Cc3ccccc3)c(C)[nH]2)s1. The number of carbonyl (C=O) groups excluding carboxylic acids is 1. The summed E-state index contributed by atoms with van der Waals surface area (Å²) in [5.41, 5.74) is 3.25. The first-order valence-corrected chi connectivity index (χ1v) is 9.22. The molecule has 0 aliphatic heterocycles. The van der Waals surface area contributed by atoms with Crippen LogP contribution in [-0.2, 0) is 11.2 Å². The Morgan fingerprint density at radius 2 is 2.04 bits per heavy atom. The minimum absolute atomic E-state index is 0.116. The van der Waals surface area contributed by atoms with Crippen molar-refractivity contribution in [3.63, 3.8) is 0 Å². The zero-order valence-electron chi connectivity index (χ0n) is 13.4. The highest BCUT2D eigenvalue weighted by molar-refractivity contribution is 7.99. The first kappa shape index (κ1) is 16.7. The van der Waals surface area contributed by atoms with Crippen LogP contribution in [0.2, 0.25) is 0 Å². The van der Waals surface area contributed by atoms with Gasteiger partial charge in [0.05, 0.1) is 11.4 Å². The van der Waals surface area contributed by atoms with Crippen molar-refractivity contribution in [3.8, 4) is 0 Å². The van der Waals surface area contributed by atoms with Crippen molar-refractivity contribution in [1.82, 2.24) is 20.2 Å². The van der Waals surface area contributed by atoms with Gasteiger partial charge in [-0.1, -0.05) is 53.4 Å². The lowest BCUT2D eigenvalue weighted by Crippen LogP contribution is -2.13. The molecule has 1 aromatic carbocycles. The second-order valence-electron chi connectivity index (χ2n) is 5.24. The lowest BCUT2D eigenvalue weighted by Gasteiger charge is -1.99. The topological polar surface area (TPSA) is 83.6 Å². The standard InChI is InChI=1S/C16H17N5OS2/c1-10-13(8-12-6-4-3-5-7-12)18-15(17-10)23-9-14(22)19-16-21-20-11(2)24-16/h3-7H,8-9H2,1-2H3,(H,17,18)(H,19,21,22). The molecule has 124 valence electrons. The molecule has 0 atom stereocenters. The molecular weight excluding hydrogens is 342 g/mol. The molecule has 0 fully saturated rings. The molecule has 2 heterocycles. The van der Waals surface area contributed by atoms with Gasteiger partial charge >= 0.3 is 0 Å². The maximum absolute atomic E-state index is 11.9. The Hall–Kier alpha value is -2.19. The predicted molar refractivity (Wildman–Crippen MR) is 96.6 cm³/mol. The van der Waals surface area contributed by atoms with Crippen molar-refractivity contribution in [2.45, 2.75) is 25.4 Å². The molecule has 3 aromatic rings. The third-order valence-corrected chi connectivity index (χ3v) is 4.92. The Morgan fingerprint density at radius 1 is 1.25 bits per heavy atom. The number of anilines is 1. The molecule has 8 heteroatoms. The smallest absolute Gasteiger partial charge is 0.236 e. The van der Waals surface area contributed by atoms with Crippen molar-refractivity contribution in [3.05, 3.63) is 52.3 Å². The lowest BCUT2D eigenvalue weighted by molar-refractivity contribution is -0.113. The molecule has 0 saturated carbocycles. The van der Waals surface area contributed by atoms with Gasteiger partial charge in [0.25, 0.3) is 0 Å². The molecule has 0 aliphatic carbocycles. The molecule has 24 heavy (non-hydrogen) atoms. The van der Waals surface area contributed by atoms with E-state index >= 15 is 0 Å². The Morgan fingerprint density at radius 3 is 2.75 bits per heavy atom. The summed E-state index contributed by atoms with van der Waals surface area (Å²) in [7, 11) is 0. The summed E-state index contributed by atoms with van der Waals surface area (Å²) in [4.78, 5) is 19.8. The third-order valence-electron chi connectivity index (χ3n) is 3.29. The lowest BCUT2D eigenvalue weighted by atomic mass is 10.1. The number of nitrogens with zero attached hydrogens (tertiary/aromatic N) is 3. The average molecular weight is 359 g/mol. The molecule has 0 saturated heterocycles. The molecule has 2 aromatic heterocycles. The molecule has 2 N–H and O–H groups in total. The normalized spacial score (nSPS) is 10.8. The Labute approximate surface area is 148 Å². The van der Waals surface area contributed by atoms with Gasteiger partial charge in [0, 0.05) is 12.1 Å². The summed E-state index contributed by atoms with van der Waals surface area (Å²) in [6.45, 7) is 3.85. The Bertz CT molecular complexity index is 828. The molecular formula is C16H17N5OS2. The van der Waals surface area contributed by atoms with Crippen LogP contribution in [0, 0.1) is 13.8 Å². The van der Waals surface area contributed by atoms with Crippen LogP contribution in [-0.4, -0.2) is 31.8 Å². The second-order valence-corrected chi connectivity index (χ2v) is 7.38. The van der Waals surface area contributed by atoms with Crippen molar-refractivity contribution < 1.29 is 4.79 Å². The van der Waals surface area contributed by atoms with Crippen LogP contribution in [0.3, 0.4) is 0 Å². The number of imidazole rings is 1. The minimum atomic E-state index is -0.116. The zero-order valence-corrected chi connectivity index (χ0v) is 15.0. The number of amides is 1. The largest absolute Gasteiger partial charge is 0.337 e. The van der Waals surface area contributed by atoms with Gasteiger partial charge in [-0.2, -0.15) is 0 Å². The highest BCUT2D eigenvalue weighted by Crippen LogP contribution is 2.20. The predicted octanol–water partition coefficient (Wildman–Crippen LogP) is 3.20. The van der Waals surface area contributed by atoms with Crippen molar-refractivity contribution in [1.29, 1.82) is 0 Å². The van der Waals surface area contributed by atoms with Crippen LogP contribution in [0.25, 0.3) is 0 Å². The molecule has 0 radical (unpaired) electrons. The number of nitrogens with one attached hydrogen (secondary N) is 2. The van der Waals surface area contributed by atoms with Crippen molar-refractivity contribution in [2.24, 2.45) is 0 Å². The van der Waals surface area contributed by atoms with Gasteiger partial charge in [0.1, 0.15) is 5.01 Å². The molecule has 0 unspecified atom stereocenters. The number of thioether (sulfide) groups is 1. The van der Waals surface area contributed by atoms with Crippen LogP contribution in [0.15, 0.2) is 35.5 Å². The summed E-state index contributed by atoms with van der Waals surface area (Å²) in [5.74, 6) is 0.158. The first-order valence-electron chi connectivity index (χ1n) is 7.42. The number of aromatic nitrogens is 4. The van der Waals surface area contributed by atoms with Crippen LogP contribution in [0.4, 0.5) is 5.13 Å². The molecule has 6 nitrogen and oxygen atoms in total. The minimum Gasteiger partial charge on any atom is -0.337 e. The van der Waals surface area contributed by atoms with Gasteiger partial charge in [-0.3, -0.25) is 10.1 Å². The number of aryl methyl sites for hydroxylation is 2. The van der Waals surface area contributed by atoms with E-state index in [4.69, 9.17) is 0 Å². The van der Waals surface area contributed by atoms with Crippen molar-refractivity contribution >= 4 is 34.1 Å². The van der Waals surface area contributed by atoms with E-state index in [1.165, 1.54) is 28.7 Å². The van der Waals surface area contributed by atoms with E-state index in [2.05, 4.69) is 37.6 Å². The van der Waals surface area contributed by atoms with E-state index in [0.29, 0.717) is 5.13 Å². The van der Waals surface area contributed by atoms with Crippen molar-refractivity contribution in [2.75, 3.05) is 11.1 Å². The number of rotatable bonds is 6. The fourth-order valence-corrected chi connectivity index (χ4v) is 3.48.